The van der Waals surface area contributed by atoms with Gasteiger partial charge >= 0.3 is 0 Å². The molecule has 1 aliphatic heterocycles. The van der Waals surface area contributed by atoms with E-state index < -0.39 is 0 Å². The summed E-state index contributed by atoms with van der Waals surface area (Å²) in [6.45, 7) is 7.81. The molecule has 2 aliphatic carbocycles. The second-order valence-electron chi connectivity index (χ2n) is 6.41. The molecule has 3 rings (SSSR count). The summed E-state index contributed by atoms with van der Waals surface area (Å²) in [5, 5.41) is 3.68. The van der Waals surface area contributed by atoms with E-state index in [0.717, 1.165) is 23.8 Å². The molecule has 2 saturated carbocycles. The Labute approximate surface area is 99.8 Å². The van der Waals surface area contributed by atoms with E-state index in [1.54, 1.807) is 0 Å². The highest BCUT2D eigenvalue weighted by atomic mass is 15.2. The van der Waals surface area contributed by atoms with Crippen molar-refractivity contribution in [2.24, 2.45) is 17.8 Å². The van der Waals surface area contributed by atoms with Crippen LogP contribution in [0.1, 0.15) is 39.0 Å². The van der Waals surface area contributed by atoms with Gasteiger partial charge in [0.15, 0.2) is 0 Å². The van der Waals surface area contributed by atoms with Gasteiger partial charge in [-0.05, 0) is 62.9 Å². The van der Waals surface area contributed by atoms with Crippen molar-refractivity contribution in [1.82, 2.24) is 10.2 Å². The predicted octanol–water partition coefficient (Wildman–Crippen LogP) is 2.11. The number of nitrogens with one attached hydrogen (secondary N) is 1. The van der Waals surface area contributed by atoms with Crippen molar-refractivity contribution in [3.8, 4) is 0 Å². The van der Waals surface area contributed by atoms with Crippen LogP contribution < -0.4 is 5.32 Å². The van der Waals surface area contributed by atoms with Crippen LogP contribution in [0.15, 0.2) is 0 Å². The van der Waals surface area contributed by atoms with Gasteiger partial charge in [-0.2, -0.15) is 0 Å². The van der Waals surface area contributed by atoms with E-state index in [1.165, 1.54) is 58.3 Å². The minimum atomic E-state index is 0.888. The van der Waals surface area contributed by atoms with Gasteiger partial charge in [-0.1, -0.05) is 6.92 Å². The number of likely N-dealkylation sites (tertiary alicyclic amines) is 1. The molecule has 3 fully saturated rings. The number of hydrogen-bond acceptors (Lipinski definition) is 2. The topological polar surface area (TPSA) is 15.3 Å². The van der Waals surface area contributed by atoms with E-state index in [2.05, 4.69) is 17.1 Å². The van der Waals surface area contributed by atoms with Gasteiger partial charge in [-0.25, -0.2) is 0 Å². The van der Waals surface area contributed by atoms with Crippen molar-refractivity contribution in [3.63, 3.8) is 0 Å². The van der Waals surface area contributed by atoms with Crippen molar-refractivity contribution in [3.05, 3.63) is 0 Å². The van der Waals surface area contributed by atoms with Crippen LogP contribution in [0.4, 0.5) is 0 Å². The Bertz CT molecular complexity index is 233. The first-order valence-corrected chi connectivity index (χ1v) is 7.27. The molecule has 1 heterocycles. The first-order valence-electron chi connectivity index (χ1n) is 7.27. The Morgan fingerprint density at radius 2 is 2.00 bits per heavy atom. The zero-order valence-electron chi connectivity index (χ0n) is 10.6. The van der Waals surface area contributed by atoms with Crippen LogP contribution in [0, 0.1) is 17.8 Å². The molecule has 2 unspecified atom stereocenters. The largest absolute Gasteiger partial charge is 0.314 e. The maximum absolute atomic E-state index is 3.68. The first kappa shape index (κ1) is 11.0. The average Bonchev–Trinajstić information content (AvgIpc) is 3.16. The Kier molecular flexibility index (Phi) is 3.21. The summed E-state index contributed by atoms with van der Waals surface area (Å²) in [6, 6.07) is 0.888. The predicted molar refractivity (Wildman–Crippen MR) is 67.5 cm³/mol. The summed E-state index contributed by atoms with van der Waals surface area (Å²) in [4.78, 5) is 2.71. The van der Waals surface area contributed by atoms with Gasteiger partial charge < -0.3 is 10.2 Å². The second kappa shape index (κ2) is 4.66. The van der Waals surface area contributed by atoms with Gasteiger partial charge in [0.05, 0.1) is 0 Å². The van der Waals surface area contributed by atoms with E-state index in [0.29, 0.717) is 0 Å². The average molecular weight is 222 g/mol. The van der Waals surface area contributed by atoms with Crippen LogP contribution in [0.2, 0.25) is 0 Å². The lowest BCUT2D eigenvalue weighted by Gasteiger charge is -2.20. The molecule has 92 valence electrons. The van der Waals surface area contributed by atoms with Gasteiger partial charge in [0.1, 0.15) is 0 Å². The molecule has 0 aromatic rings. The zero-order chi connectivity index (χ0) is 11.0. The van der Waals surface area contributed by atoms with E-state index in [9.17, 15) is 0 Å². The molecule has 0 aromatic heterocycles. The van der Waals surface area contributed by atoms with Gasteiger partial charge in [-0.15, -0.1) is 0 Å². The number of nitrogens with zero attached hydrogens (tertiary/aromatic N) is 1. The Hall–Kier alpha value is -0.0800. The van der Waals surface area contributed by atoms with Crippen molar-refractivity contribution in [2.75, 3.05) is 26.2 Å². The highest BCUT2D eigenvalue weighted by molar-refractivity contribution is 4.86. The van der Waals surface area contributed by atoms with Gasteiger partial charge in [-0.3, -0.25) is 0 Å². The fourth-order valence-electron chi connectivity index (χ4n) is 3.09. The molecule has 0 radical (unpaired) electrons. The maximum atomic E-state index is 3.68. The normalized spacial score (nSPS) is 33.2. The van der Waals surface area contributed by atoms with Crippen molar-refractivity contribution < 1.29 is 0 Å². The van der Waals surface area contributed by atoms with Crippen LogP contribution in [-0.4, -0.2) is 37.1 Å². The molecule has 1 saturated heterocycles. The Morgan fingerprint density at radius 1 is 1.19 bits per heavy atom. The summed E-state index contributed by atoms with van der Waals surface area (Å²) in [5.41, 5.74) is 0. The molecule has 0 spiro atoms. The molecular formula is C14H26N2. The summed E-state index contributed by atoms with van der Waals surface area (Å²) in [6.07, 6.45) is 7.28. The third-order valence-electron chi connectivity index (χ3n) is 4.62. The molecule has 2 nitrogen and oxygen atoms in total. The molecule has 2 atom stereocenters. The van der Waals surface area contributed by atoms with Crippen LogP contribution in [0.25, 0.3) is 0 Å². The summed E-state index contributed by atoms with van der Waals surface area (Å²) in [7, 11) is 0. The van der Waals surface area contributed by atoms with Crippen molar-refractivity contribution in [1.29, 1.82) is 0 Å². The summed E-state index contributed by atoms with van der Waals surface area (Å²) < 4.78 is 0. The van der Waals surface area contributed by atoms with E-state index in [4.69, 9.17) is 0 Å². The van der Waals surface area contributed by atoms with Crippen molar-refractivity contribution in [2.45, 2.75) is 45.1 Å². The highest BCUT2D eigenvalue weighted by Gasteiger charge is 2.31. The molecule has 3 aliphatic rings. The van der Waals surface area contributed by atoms with Crippen LogP contribution in [0.5, 0.6) is 0 Å². The Balaban J connectivity index is 1.34. The fraction of sp³-hybridized carbons (Fsp3) is 1.00. The minimum Gasteiger partial charge on any atom is -0.314 e. The van der Waals surface area contributed by atoms with Gasteiger partial charge in [0, 0.05) is 19.1 Å². The third-order valence-corrected chi connectivity index (χ3v) is 4.62. The monoisotopic (exact) mass is 222 g/mol. The van der Waals surface area contributed by atoms with Crippen LogP contribution >= 0.6 is 0 Å². The maximum Gasteiger partial charge on any atom is 0.00683 e. The quantitative estimate of drug-likeness (QED) is 0.740. The molecule has 1 N–H and O–H groups in total. The van der Waals surface area contributed by atoms with E-state index in [-0.39, 0.29) is 0 Å². The minimum absolute atomic E-state index is 0.888. The van der Waals surface area contributed by atoms with Crippen molar-refractivity contribution >= 4 is 0 Å². The zero-order valence-corrected chi connectivity index (χ0v) is 10.6. The van der Waals surface area contributed by atoms with Crippen LogP contribution in [-0.2, 0) is 0 Å². The highest BCUT2D eigenvalue weighted by Crippen LogP contribution is 2.37. The van der Waals surface area contributed by atoms with Gasteiger partial charge in [0.2, 0.25) is 0 Å². The van der Waals surface area contributed by atoms with Crippen LogP contribution in [0.3, 0.4) is 0 Å². The lowest BCUT2D eigenvalue weighted by molar-refractivity contribution is 0.262. The molecule has 0 amide bonds. The molecule has 0 aromatic carbocycles. The van der Waals surface area contributed by atoms with E-state index >= 15 is 0 Å². The third kappa shape index (κ3) is 2.98. The Morgan fingerprint density at radius 3 is 2.69 bits per heavy atom. The standard InChI is InChI=1S/C14H26N2/c1-11(13-2-3-13)9-16-7-6-12(10-16)8-15-14-4-5-14/h11-15H,2-10H2,1H3. The van der Waals surface area contributed by atoms with Gasteiger partial charge in [0.25, 0.3) is 0 Å². The SMILES string of the molecule is CC(CN1CCC(CNC2CC2)C1)C1CC1. The smallest absolute Gasteiger partial charge is 0.00683 e. The lowest BCUT2D eigenvalue weighted by atomic mass is 10.1. The summed E-state index contributed by atoms with van der Waals surface area (Å²) in [5.74, 6) is 2.96. The molecule has 0 bridgehead atoms. The molecule has 2 heteroatoms. The lowest BCUT2D eigenvalue weighted by Crippen LogP contribution is -2.30. The molecule has 16 heavy (non-hydrogen) atoms. The van der Waals surface area contributed by atoms with E-state index in [1.807, 2.05) is 0 Å². The molecular weight excluding hydrogens is 196 g/mol. The number of rotatable bonds is 6. The first-order chi connectivity index (χ1) is 7.81. The second-order valence-corrected chi connectivity index (χ2v) is 6.41. The number of hydrogen-bond donors (Lipinski definition) is 1. The fourth-order valence-corrected chi connectivity index (χ4v) is 3.09. The summed E-state index contributed by atoms with van der Waals surface area (Å²) >= 11 is 0.